The van der Waals surface area contributed by atoms with Crippen LogP contribution >= 0.6 is 0 Å². The van der Waals surface area contributed by atoms with Gasteiger partial charge in [-0.2, -0.15) is 0 Å². The van der Waals surface area contributed by atoms with Gasteiger partial charge < -0.3 is 0 Å². The van der Waals surface area contributed by atoms with Crippen LogP contribution in [0.1, 0.15) is 12.8 Å². The Morgan fingerprint density at radius 2 is 1.12 bits per heavy atom. The zero-order chi connectivity index (χ0) is 12.6. The predicted molar refractivity (Wildman–Crippen MR) is 86.7 cm³/mol. The normalized spacial score (nSPS) is 36.0. The third-order valence-corrected chi connectivity index (χ3v) is 60.1. The Morgan fingerprint density at radius 3 is 1.44 bits per heavy atom. The maximum atomic E-state index is 2.80. The quantitative estimate of drug-likeness (QED) is 0.571. The van der Waals surface area contributed by atoms with E-state index in [0.717, 1.165) is 4.28 Å². The molecule has 0 aliphatic carbocycles. The molecule has 0 aromatic heterocycles. The smallest absolute Gasteiger partial charge is 0.0418 e. The van der Waals surface area contributed by atoms with Gasteiger partial charge in [0, 0.05) is 30.4 Å². The lowest BCUT2D eigenvalue weighted by atomic mass is 10.4. The molecule has 0 N–H and O–H groups in total. The van der Waals surface area contributed by atoms with Crippen LogP contribution in [-0.2, 0) is 0 Å². The number of rotatable bonds is 0. The molecule has 16 heavy (non-hydrogen) atoms. The van der Waals surface area contributed by atoms with Gasteiger partial charge in [0.2, 0.25) is 0 Å². The summed E-state index contributed by atoms with van der Waals surface area (Å²) in [4.78, 5) is 0. The largest absolute Gasteiger partial charge is 0.0713 e. The zero-order valence-electron chi connectivity index (χ0n) is 12.6. The molecule has 0 aromatic carbocycles. The van der Waals surface area contributed by atoms with E-state index in [0.29, 0.717) is 0 Å². The molecule has 1 spiro atoms. The van der Waals surface area contributed by atoms with Crippen LogP contribution in [0.25, 0.3) is 0 Å². The fourth-order valence-electron chi connectivity index (χ4n) is 5.61. The average molecular weight is 287 g/mol. The minimum atomic E-state index is -0.943. The molecule has 2 saturated heterocycles. The molecule has 0 bridgehead atoms. The maximum Gasteiger partial charge on any atom is 0.0418 e. The first-order valence-electron chi connectivity index (χ1n) is 6.96. The summed E-state index contributed by atoms with van der Waals surface area (Å²) in [5.74, 6) is 0. The first kappa shape index (κ1) is 13.3. The molecular weight excluding hydrogens is 256 g/mol. The lowest BCUT2D eigenvalue weighted by molar-refractivity contribution is 0.765. The van der Waals surface area contributed by atoms with Crippen LogP contribution in [0.4, 0.5) is 0 Å². The summed E-state index contributed by atoms with van der Waals surface area (Å²) in [6.45, 7) is 22.1. The summed E-state index contributed by atoms with van der Waals surface area (Å²) < 4.78 is 1.03. The van der Waals surface area contributed by atoms with Crippen molar-refractivity contribution in [1.29, 1.82) is 0 Å². The minimum Gasteiger partial charge on any atom is -0.0713 e. The molecule has 4 heteroatoms. The summed E-state index contributed by atoms with van der Waals surface area (Å²) >= 11 is 0. The Bertz CT molecular complexity index is 314. The Labute approximate surface area is 106 Å². The van der Waals surface area contributed by atoms with E-state index in [2.05, 4.69) is 52.4 Å². The number of hydrogen-bond donors (Lipinski definition) is 0. The third-order valence-electron chi connectivity index (χ3n) is 7.75. The summed E-state index contributed by atoms with van der Waals surface area (Å²) in [5, 5.41) is 0. The topological polar surface area (TPSA) is 0 Å². The van der Waals surface area contributed by atoms with E-state index in [4.69, 9.17) is 0 Å². The van der Waals surface area contributed by atoms with Gasteiger partial charge in [-0.1, -0.05) is 71.3 Å². The van der Waals surface area contributed by atoms with Gasteiger partial charge in [-0.25, -0.2) is 0 Å². The molecule has 2 heterocycles. The Morgan fingerprint density at radius 1 is 0.688 bits per heavy atom. The highest BCUT2D eigenvalue weighted by atomic mass is 29.4. The Kier molecular flexibility index (Phi) is 2.54. The summed E-state index contributed by atoms with van der Waals surface area (Å²) in [6.07, 6.45) is 3.24. The average Bonchev–Trinajstić information content (AvgIpc) is 2.41. The van der Waals surface area contributed by atoms with Crippen molar-refractivity contribution in [3.63, 3.8) is 0 Å². The van der Waals surface area contributed by atoms with Crippen molar-refractivity contribution in [3.8, 4) is 0 Å². The van der Waals surface area contributed by atoms with Gasteiger partial charge in [0.1, 0.15) is 0 Å². The van der Waals surface area contributed by atoms with Crippen LogP contribution in [0.15, 0.2) is 0 Å². The van der Waals surface area contributed by atoms with Crippen LogP contribution in [0.2, 0.25) is 62.7 Å². The van der Waals surface area contributed by atoms with Crippen molar-refractivity contribution < 1.29 is 0 Å². The van der Waals surface area contributed by atoms with Gasteiger partial charge in [0.25, 0.3) is 0 Å². The number of hydrogen-bond acceptors (Lipinski definition) is 0. The van der Waals surface area contributed by atoms with Gasteiger partial charge in [-0.05, 0) is 4.28 Å². The molecular formula is C12H30Si4. The summed E-state index contributed by atoms with van der Waals surface area (Å²) in [6, 6.07) is 1.64. The van der Waals surface area contributed by atoms with Crippen LogP contribution in [0.3, 0.4) is 0 Å². The molecule has 0 radical (unpaired) electrons. The summed E-state index contributed by atoms with van der Waals surface area (Å²) in [5.41, 5.74) is 0. The van der Waals surface area contributed by atoms with Crippen LogP contribution in [0.5, 0.6) is 0 Å². The maximum absolute atomic E-state index is 2.80. The minimum absolute atomic E-state index is 0.827. The fraction of sp³-hybridized carbons (Fsp3) is 1.00. The molecule has 0 amide bonds. The van der Waals surface area contributed by atoms with Crippen LogP contribution < -0.4 is 0 Å². The second-order valence-corrected chi connectivity index (χ2v) is 41.9. The van der Waals surface area contributed by atoms with Crippen LogP contribution in [0, 0.1) is 0 Å². The highest BCUT2D eigenvalue weighted by Crippen LogP contribution is 2.77. The molecule has 2 aliphatic heterocycles. The first-order valence-corrected chi connectivity index (χ1v) is 21.2. The van der Waals surface area contributed by atoms with Crippen molar-refractivity contribution in [2.75, 3.05) is 0 Å². The summed E-state index contributed by atoms with van der Waals surface area (Å²) in [7, 11) is -3.46. The van der Waals surface area contributed by atoms with Crippen molar-refractivity contribution in [2.45, 2.75) is 75.5 Å². The molecule has 2 fully saturated rings. The highest BCUT2D eigenvalue weighted by molar-refractivity contribution is 7.72. The van der Waals surface area contributed by atoms with E-state index in [9.17, 15) is 0 Å². The van der Waals surface area contributed by atoms with E-state index in [1.807, 2.05) is 0 Å². The van der Waals surface area contributed by atoms with E-state index in [1.165, 1.54) is 0 Å². The molecule has 0 saturated carbocycles. The lowest BCUT2D eigenvalue weighted by Crippen LogP contribution is -2.63. The van der Waals surface area contributed by atoms with Gasteiger partial charge in [-0.15, -0.1) is 0 Å². The second kappa shape index (κ2) is 3.06. The van der Waals surface area contributed by atoms with Crippen LogP contribution in [-0.4, -0.2) is 30.4 Å². The van der Waals surface area contributed by atoms with E-state index in [-0.39, 0.29) is 0 Å². The lowest BCUT2D eigenvalue weighted by Gasteiger charge is -2.52. The molecule has 2 aliphatic rings. The first-order chi connectivity index (χ1) is 6.96. The molecule has 0 unspecified atom stereocenters. The van der Waals surface area contributed by atoms with Gasteiger partial charge in [0.15, 0.2) is 0 Å². The standard InChI is InChI=1S/C12H30Si4/c1-13(2)11-9-10-12(14(13,3)4)15(5,6)16(12,7)8/h9-11H2,1-8H3. The van der Waals surface area contributed by atoms with Gasteiger partial charge in [0.05, 0.1) is 0 Å². The predicted octanol–water partition coefficient (Wildman–Crippen LogP) is 4.60. The van der Waals surface area contributed by atoms with Crippen molar-refractivity contribution in [3.05, 3.63) is 0 Å². The molecule has 0 nitrogen and oxygen atoms in total. The monoisotopic (exact) mass is 286 g/mol. The van der Waals surface area contributed by atoms with E-state index in [1.54, 1.807) is 18.9 Å². The van der Waals surface area contributed by atoms with Crippen molar-refractivity contribution in [1.82, 2.24) is 0 Å². The highest BCUT2D eigenvalue weighted by Gasteiger charge is 2.85. The van der Waals surface area contributed by atoms with Gasteiger partial charge in [-0.3, -0.25) is 0 Å². The van der Waals surface area contributed by atoms with E-state index >= 15 is 0 Å². The fourth-order valence-corrected chi connectivity index (χ4v) is 70.9. The van der Waals surface area contributed by atoms with Gasteiger partial charge >= 0.3 is 0 Å². The van der Waals surface area contributed by atoms with E-state index < -0.39 is 30.4 Å². The van der Waals surface area contributed by atoms with Crippen molar-refractivity contribution >= 4 is 30.4 Å². The zero-order valence-corrected chi connectivity index (χ0v) is 16.6. The Balaban J connectivity index is 2.53. The molecule has 2 rings (SSSR count). The molecule has 0 atom stereocenters. The van der Waals surface area contributed by atoms with Crippen molar-refractivity contribution in [2.24, 2.45) is 0 Å². The SMILES string of the molecule is C[Si]1(C)CCCC2([Si]1(C)C)[Si](C)(C)[Si]2(C)C. The second-order valence-electron chi connectivity index (χ2n) is 8.52. The molecule has 0 aromatic rings. The molecule has 94 valence electrons. The third kappa shape index (κ3) is 1.06. The Hall–Kier alpha value is 0.868.